The van der Waals surface area contributed by atoms with Gasteiger partial charge in [0.05, 0.1) is 6.54 Å². The van der Waals surface area contributed by atoms with E-state index in [1.54, 1.807) is 0 Å². The zero-order valence-electron chi connectivity index (χ0n) is 14.1. The van der Waals surface area contributed by atoms with Crippen LogP contribution in [0.1, 0.15) is 17.1 Å². The van der Waals surface area contributed by atoms with Gasteiger partial charge in [0.25, 0.3) is 0 Å². The smallest absolute Gasteiger partial charge is 0.119 e. The van der Waals surface area contributed by atoms with Crippen molar-refractivity contribution in [3.8, 4) is 5.75 Å². The van der Waals surface area contributed by atoms with E-state index in [4.69, 9.17) is 9.15 Å². The van der Waals surface area contributed by atoms with E-state index in [0.29, 0.717) is 0 Å². The van der Waals surface area contributed by atoms with Crippen molar-refractivity contribution >= 4 is 0 Å². The molecular weight excluding hydrogens is 288 g/mol. The fraction of sp³-hybridized carbons (Fsp3) is 0.474. The van der Waals surface area contributed by atoms with Crippen LogP contribution in [0.5, 0.6) is 5.75 Å². The molecule has 2 aromatic rings. The molecule has 4 nitrogen and oxygen atoms in total. The van der Waals surface area contributed by atoms with Crippen LogP contribution in [0.3, 0.4) is 0 Å². The molecule has 0 atom stereocenters. The average molecular weight is 314 g/mol. The third-order valence-electron chi connectivity index (χ3n) is 4.48. The zero-order chi connectivity index (χ0) is 16.1. The molecule has 124 valence electrons. The van der Waals surface area contributed by atoms with Crippen LogP contribution in [-0.4, -0.2) is 49.1 Å². The Morgan fingerprint density at radius 2 is 1.70 bits per heavy atom. The van der Waals surface area contributed by atoms with E-state index in [9.17, 15) is 0 Å². The molecule has 0 amide bonds. The van der Waals surface area contributed by atoms with Gasteiger partial charge in [0.2, 0.25) is 0 Å². The Morgan fingerprint density at radius 1 is 1.00 bits per heavy atom. The van der Waals surface area contributed by atoms with Crippen LogP contribution in [0.2, 0.25) is 0 Å². The molecule has 0 unspecified atom stereocenters. The highest BCUT2D eigenvalue weighted by Crippen LogP contribution is 2.16. The normalized spacial score (nSPS) is 16.6. The van der Waals surface area contributed by atoms with Crippen molar-refractivity contribution in [2.45, 2.75) is 20.4 Å². The van der Waals surface area contributed by atoms with E-state index in [1.165, 1.54) is 5.56 Å². The molecular formula is C19H26N2O2. The number of aryl methyl sites for hydroxylation is 2. The molecule has 1 saturated heterocycles. The molecule has 0 bridgehead atoms. The topological polar surface area (TPSA) is 28.9 Å². The summed E-state index contributed by atoms with van der Waals surface area (Å²) in [5.74, 6) is 3.08. The lowest BCUT2D eigenvalue weighted by Crippen LogP contribution is -2.46. The van der Waals surface area contributed by atoms with Gasteiger partial charge in [0, 0.05) is 32.7 Å². The Kier molecular flexibility index (Phi) is 5.36. The Labute approximate surface area is 138 Å². The van der Waals surface area contributed by atoms with E-state index in [2.05, 4.69) is 22.8 Å². The highest BCUT2D eigenvalue weighted by Gasteiger charge is 2.18. The van der Waals surface area contributed by atoms with Crippen molar-refractivity contribution in [2.75, 3.05) is 39.3 Å². The Bertz CT molecular complexity index is 582. The molecule has 1 aliphatic rings. The van der Waals surface area contributed by atoms with Gasteiger partial charge < -0.3 is 9.15 Å². The average Bonchev–Trinajstić information content (AvgIpc) is 2.88. The van der Waals surface area contributed by atoms with E-state index in [1.807, 2.05) is 37.3 Å². The predicted octanol–water partition coefficient (Wildman–Crippen LogP) is 3.09. The van der Waals surface area contributed by atoms with Crippen molar-refractivity contribution < 1.29 is 9.15 Å². The summed E-state index contributed by atoms with van der Waals surface area (Å²) in [5, 5.41) is 0. The standard InChI is InChI=1S/C19H26N2O2/c1-16-14-19(23-17(16)2)15-21-10-8-20(9-11-21)12-13-22-18-6-4-3-5-7-18/h3-7,14H,8-13,15H2,1-2H3. The molecule has 0 aliphatic carbocycles. The Balaban J connectivity index is 1.37. The number of hydrogen-bond donors (Lipinski definition) is 0. The minimum atomic E-state index is 0.751. The van der Waals surface area contributed by atoms with Crippen LogP contribution in [0.4, 0.5) is 0 Å². The summed E-state index contributed by atoms with van der Waals surface area (Å²) in [4.78, 5) is 4.93. The molecule has 0 N–H and O–H groups in total. The highest BCUT2D eigenvalue weighted by molar-refractivity contribution is 5.21. The second-order valence-corrected chi connectivity index (χ2v) is 6.23. The van der Waals surface area contributed by atoms with Gasteiger partial charge in [-0.25, -0.2) is 0 Å². The summed E-state index contributed by atoms with van der Waals surface area (Å²) in [6.45, 7) is 11.2. The van der Waals surface area contributed by atoms with Crippen LogP contribution >= 0.6 is 0 Å². The first-order valence-electron chi connectivity index (χ1n) is 8.39. The second-order valence-electron chi connectivity index (χ2n) is 6.23. The van der Waals surface area contributed by atoms with Gasteiger partial charge in [-0.3, -0.25) is 9.80 Å². The number of piperazine rings is 1. The number of rotatable bonds is 6. The van der Waals surface area contributed by atoms with Crippen molar-refractivity contribution in [2.24, 2.45) is 0 Å². The van der Waals surface area contributed by atoms with Gasteiger partial charge >= 0.3 is 0 Å². The number of furan rings is 1. The van der Waals surface area contributed by atoms with Gasteiger partial charge in [-0.05, 0) is 37.6 Å². The van der Waals surface area contributed by atoms with Gasteiger partial charge in [-0.15, -0.1) is 0 Å². The molecule has 1 aromatic carbocycles. The van der Waals surface area contributed by atoms with Crippen LogP contribution in [0, 0.1) is 13.8 Å². The summed E-state index contributed by atoms with van der Waals surface area (Å²) in [6, 6.07) is 12.2. The summed E-state index contributed by atoms with van der Waals surface area (Å²) in [6.07, 6.45) is 0. The maximum absolute atomic E-state index is 5.78. The SMILES string of the molecule is Cc1cc(CN2CCN(CCOc3ccccc3)CC2)oc1C. The maximum Gasteiger partial charge on any atom is 0.119 e. The van der Waals surface area contributed by atoms with E-state index >= 15 is 0 Å². The van der Waals surface area contributed by atoms with E-state index < -0.39 is 0 Å². The number of hydrogen-bond acceptors (Lipinski definition) is 4. The first-order chi connectivity index (χ1) is 11.2. The minimum Gasteiger partial charge on any atom is -0.492 e. The Hall–Kier alpha value is -1.78. The van der Waals surface area contributed by atoms with Crippen LogP contribution in [0.15, 0.2) is 40.8 Å². The zero-order valence-corrected chi connectivity index (χ0v) is 14.1. The number of para-hydroxylation sites is 1. The molecule has 2 heterocycles. The summed E-state index contributed by atoms with van der Waals surface area (Å²) >= 11 is 0. The monoisotopic (exact) mass is 314 g/mol. The van der Waals surface area contributed by atoms with Crippen molar-refractivity contribution in [3.05, 3.63) is 53.5 Å². The molecule has 1 aromatic heterocycles. The van der Waals surface area contributed by atoms with Gasteiger partial charge in [-0.2, -0.15) is 0 Å². The van der Waals surface area contributed by atoms with Gasteiger partial charge in [0.15, 0.2) is 0 Å². The molecule has 3 rings (SSSR count). The van der Waals surface area contributed by atoms with Crippen molar-refractivity contribution in [1.29, 1.82) is 0 Å². The van der Waals surface area contributed by atoms with Crippen LogP contribution < -0.4 is 4.74 Å². The molecule has 4 heteroatoms. The largest absolute Gasteiger partial charge is 0.492 e. The molecule has 1 fully saturated rings. The lowest BCUT2D eigenvalue weighted by Gasteiger charge is -2.34. The van der Waals surface area contributed by atoms with Crippen molar-refractivity contribution in [1.82, 2.24) is 9.80 Å². The number of nitrogens with zero attached hydrogens (tertiary/aromatic N) is 2. The molecule has 1 aliphatic heterocycles. The lowest BCUT2D eigenvalue weighted by molar-refractivity contribution is 0.107. The van der Waals surface area contributed by atoms with Gasteiger partial charge in [0.1, 0.15) is 23.9 Å². The quantitative estimate of drug-likeness (QED) is 0.819. The maximum atomic E-state index is 5.78. The molecule has 0 saturated carbocycles. The van der Waals surface area contributed by atoms with Crippen LogP contribution in [0.25, 0.3) is 0 Å². The van der Waals surface area contributed by atoms with E-state index in [0.717, 1.165) is 63.1 Å². The summed E-state index contributed by atoms with van der Waals surface area (Å²) < 4.78 is 11.6. The van der Waals surface area contributed by atoms with Gasteiger partial charge in [-0.1, -0.05) is 18.2 Å². The van der Waals surface area contributed by atoms with Crippen LogP contribution in [-0.2, 0) is 6.54 Å². The van der Waals surface area contributed by atoms with Crippen molar-refractivity contribution in [3.63, 3.8) is 0 Å². The first kappa shape index (κ1) is 16.1. The number of ether oxygens (including phenoxy) is 1. The first-order valence-corrected chi connectivity index (χ1v) is 8.39. The fourth-order valence-electron chi connectivity index (χ4n) is 2.93. The molecule has 0 spiro atoms. The third-order valence-corrected chi connectivity index (χ3v) is 4.48. The lowest BCUT2D eigenvalue weighted by atomic mass is 10.2. The third kappa shape index (κ3) is 4.60. The summed E-state index contributed by atoms with van der Waals surface area (Å²) in [5.41, 5.74) is 1.25. The fourth-order valence-corrected chi connectivity index (χ4v) is 2.93. The van der Waals surface area contributed by atoms with E-state index in [-0.39, 0.29) is 0 Å². The predicted molar refractivity (Wildman–Crippen MR) is 91.8 cm³/mol. The number of benzene rings is 1. The minimum absolute atomic E-state index is 0.751. The highest BCUT2D eigenvalue weighted by atomic mass is 16.5. The second kappa shape index (κ2) is 7.66. The molecule has 0 radical (unpaired) electrons. The molecule has 23 heavy (non-hydrogen) atoms. The summed E-state index contributed by atoms with van der Waals surface area (Å²) in [7, 11) is 0. The Morgan fingerprint density at radius 3 is 2.35 bits per heavy atom.